The van der Waals surface area contributed by atoms with Crippen molar-refractivity contribution in [3.63, 3.8) is 0 Å². The van der Waals surface area contributed by atoms with Crippen molar-refractivity contribution < 1.29 is 4.74 Å². The van der Waals surface area contributed by atoms with E-state index in [1.807, 2.05) is 0 Å². The maximum absolute atomic E-state index is 5.59. The second kappa shape index (κ2) is 6.89. The van der Waals surface area contributed by atoms with Gasteiger partial charge in [0.15, 0.2) is 0 Å². The minimum atomic E-state index is 0.431. The molecule has 1 aliphatic carbocycles. The molecule has 0 radical (unpaired) electrons. The summed E-state index contributed by atoms with van der Waals surface area (Å²) in [6, 6.07) is 6.77. The van der Waals surface area contributed by atoms with E-state index in [0.29, 0.717) is 17.3 Å². The van der Waals surface area contributed by atoms with Gasteiger partial charge >= 0.3 is 0 Å². The van der Waals surface area contributed by atoms with E-state index in [1.54, 1.807) is 12.7 Å². The molecule has 0 spiro atoms. The predicted octanol–water partition coefficient (Wildman–Crippen LogP) is 6.13. The third kappa shape index (κ3) is 3.74. The molecule has 1 heteroatoms. The number of ether oxygens (including phenoxy) is 1. The number of methoxy groups -OCH3 is 1. The highest BCUT2D eigenvalue weighted by Gasteiger charge is 2.32. The summed E-state index contributed by atoms with van der Waals surface area (Å²) in [6.45, 7) is 11.6. The molecule has 0 aliphatic heterocycles. The van der Waals surface area contributed by atoms with Crippen LogP contribution in [0, 0.1) is 11.3 Å². The summed E-state index contributed by atoms with van der Waals surface area (Å²) in [5, 5.41) is 0. The van der Waals surface area contributed by atoms with Gasteiger partial charge in [-0.1, -0.05) is 51.5 Å². The fourth-order valence-corrected chi connectivity index (χ4v) is 3.92. The van der Waals surface area contributed by atoms with Crippen molar-refractivity contribution in [1.82, 2.24) is 0 Å². The molecule has 0 fully saturated rings. The van der Waals surface area contributed by atoms with Gasteiger partial charge in [0.1, 0.15) is 5.75 Å². The van der Waals surface area contributed by atoms with Crippen molar-refractivity contribution in [2.24, 2.45) is 11.3 Å². The Hall–Kier alpha value is -1.24. The fourth-order valence-electron chi connectivity index (χ4n) is 3.92. The van der Waals surface area contributed by atoms with Crippen LogP contribution >= 0.6 is 0 Å². The zero-order chi connectivity index (χ0) is 16.3. The molecular weight excluding hydrogens is 268 g/mol. The molecule has 122 valence electrons. The first-order valence-electron chi connectivity index (χ1n) is 8.68. The fraction of sp³-hybridized carbons (Fsp3) is 0.619. The zero-order valence-corrected chi connectivity index (χ0v) is 15.2. The number of benzene rings is 1. The van der Waals surface area contributed by atoms with Crippen LogP contribution in [0.2, 0.25) is 0 Å². The van der Waals surface area contributed by atoms with Crippen LogP contribution in [0.5, 0.6) is 5.75 Å². The molecule has 1 unspecified atom stereocenters. The average molecular weight is 300 g/mol. The molecule has 0 aromatic heterocycles. The van der Waals surface area contributed by atoms with Gasteiger partial charge in [0, 0.05) is 0 Å². The van der Waals surface area contributed by atoms with E-state index in [4.69, 9.17) is 4.74 Å². The summed E-state index contributed by atoms with van der Waals surface area (Å²) in [5.41, 5.74) is 4.72. The van der Waals surface area contributed by atoms with Crippen LogP contribution in [0.4, 0.5) is 0 Å². The van der Waals surface area contributed by atoms with Gasteiger partial charge in [-0.25, -0.2) is 0 Å². The highest BCUT2D eigenvalue weighted by atomic mass is 16.5. The SMILES string of the molecule is COc1cc(CCC2C(C)=CCCC2(C)C)ccc1C(C)C. The van der Waals surface area contributed by atoms with Crippen molar-refractivity contribution in [3.05, 3.63) is 41.0 Å². The van der Waals surface area contributed by atoms with Gasteiger partial charge < -0.3 is 4.74 Å². The molecule has 1 aliphatic rings. The van der Waals surface area contributed by atoms with Gasteiger partial charge in [-0.3, -0.25) is 0 Å². The van der Waals surface area contributed by atoms with Crippen LogP contribution < -0.4 is 4.74 Å². The predicted molar refractivity (Wildman–Crippen MR) is 95.7 cm³/mol. The molecule has 2 rings (SSSR count). The Kier molecular flexibility index (Phi) is 5.36. The normalized spacial score (nSPS) is 20.9. The van der Waals surface area contributed by atoms with Crippen LogP contribution in [0.1, 0.15) is 70.9 Å². The molecule has 1 atom stereocenters. The lowest BCUT2D eigenvalue weighted by atomic mass is 9.67. The highest BCUT2D eigenvalue weighted by Crippen LogP contribution is 2.43. The van der Waals surface area contributed by atoms with Crippen LogP contribution in [0.15, 0.2) is 29.8 Å². The zero-order valence-electron chi connectivity index (χ0n) is 15.2. The van der Waals surface area contributed by atoms with Crippen molar-refractivity contribution in [2.45, 2.75) is 66.2 Å². The molecule has 0 heterocycles. The summed E-state index contributed by atoms with van der Waals surface area (Å²) in [7, 11) is 1.78. The Bertz CT molecular complexity index is 537. The number of hydrogen-bond acceptors (Lipinski definition) is 1. The number of hydrogen-bond donors (Lipinski definition) is 0. The first-order chi connectivity index (χ1) is 10.3. The Morgan fingerprint density at radius 2 is 2.00 bits per heavy atom. The summed E-state index contributed by atoms with van der Waals surface area (Å²) in [4.78, 5) is 0. The third-order valence-electron chi connectivity index (χ3n) is 5.39. The monoisotopic (exact) mass is 300 g/mol. The number of allylic oxidation sites excluding steroid dienone is 2. The Morgan fingerprint density at radius 1 is 1.27 bits per heavy atom. The topological polar surface area (TPSA) is 9.23 Å². The van der Waals surface area contributed by atoms with Crippen LogP contribution in [-0.2, 0) is 6.42 Å². The standard InChI is InChI=1S/C21H32O/c1-15(2)18-11-9-17(14-20(18)22-6)10-12-19-16(3)8-7-13-21(19,4)5/h8-9,11,14-15,19H,7,10,12-13H2,1-6H3. The Balaban J connectivity index is 2.11. The maximum Gasteiger partial charge on any atom is 0.122 e. The Labute approximate surface area is 136 Å². The first-order valence-corrected chi connectivity index (χ1v) is 8.68. The van der Waals surface area contributed by atoms with Crippen molar-refractivity contribution in [2.75, 3.05) is 7.11 Å². The van der Waals surface area contributed by atoms with E-state index in [1.165, 1.54) is 30.4 Å². The van der Waals surface area contributed by atoms with Gasteiger partial charge in [0.2, 0.25) is 0 Å². The van der Waals surface area contributed by atoms with Gasteiger partial charge in [-0.05, 0) is 67.1 Å². The minimum absolute atomic E-state index is 0.431. The average Bonchev–Trinajstić information content (AvgIpc) is 2.45. The van der Waals surface area contributed by atoms with Gasteiger partial charge in [0.05, 0.1) is 7.11 Å². The second-order valence-electron chi connectivity index (χ2n) is 7.80. The molecule has 0 N–H and O–H groups in total. The van der Waals surface area contributed by atoms with Crippen molar-refractivity contribution in [1.29, 1.82) is 0 Å². The van der Waals surface area contributed by atoms with Gasteiger partial charge in [0.25, 0.3) is 0 Å². The van der Waals surface area contributed by atoms with E-state index in [2.05, 4.69) is 58.9 Å². The van der Waals surface area contributed by atoms with E-state index < -0.39 is 0 Å². The largest absolute Gasteiger partial charge is 0.496 e. The van der Waals surface area contributed by atoms with Gasteiger partial charge in [-0.15, -0.1) is 0 Å². The smallest absolute Gasteiger partial charge is 0.122 e. The van der Waals surface area contributed by atoms with Crippen LogP contribution in [-0.4, -0.2) is 7.11 Å². The quantitative estimate of drug-likeness (QED) is 0.594. The highest BCUT2D eigenvalue weighted by molar-refractivity contribution is 5.39. The summed E-state index contributed by atoms with van der Waals surface area (Å²) in [5.74, 6) is 2.26. The molecule has 0 saturated heterocycles. The Morgan fingerprint density at radius 3 is 2.59 bits per heavy atom. The molecule has 22 heavy (non-hydrogen) atoms. The minimum Gasteiger partial charge on any atom is -0.496 e. The van der Waals surface area contributed by atoms with Crippen molar-refractivity contribution in [3.8, 4) is 5.75 Å². The van der Waals surface area contributed by atoms with Gasteiger partial charge in [-0.2, -0.15) is 0 Å². The lowest BCUT2D eigenvalue weighted by molar-refractivity contribution is 0.204. The summed E-state index contributed by atoms with van der Waals surface area (Å²) < 4.78 is 5.59. The van der Waals surface area contributed by atoms with Crippen LogP contribution in [0.3, 0.4) is 0 Å². The van der Waals surface area contributed by atoms with Crippen molar-refractivity contribution >= 4 is 0 Å². The van der Waals surface area contributed by atoms with Crippen LogP contribution in [0.25, 0.3) is 0 Å². The van der Waals surface area contributed by atoms with E-state index in [9.17, 15) is 0 Å². The lowest BCUT2D eigenvalue weighted by Gasteiger charge is -2.38. The summed E-state index contributed by atoms with van der Waals surface area (Å²) in [6.07, 6.45) is 7.36. The second-order valence-corrected chi connectivity index (χ2v) is 7.80. The first kappa shape index (κ1) is 17.1. The van der Waals surface area contributed by atoms with E-state index in [0.717, 1.165) is 12.2 Å². The molecule has 1 aromatic rings. The molecule has 0 saturated carbocycles. The van der Waals surface area contributed by atoms with E-state index in [-0.39, 0.29) is 0 Å². The molecule has 1 aromatic carbocycles. The lowest BCUT2D eigenvalue weighted by Crippen LogP contribution is -2.28. The molecular formula is C21H32O. The number of rotatable bonds is 5. The summed E-state index contributed by atoms with van der Waals surface area (Å²) >= 11 is 0. The molecule has 0 bridgehead atoms. The molecule has 0 amide bonds. The third-order valence-corrected chi connectivity index (χ3v) is 5.39. The molecule has 1 nitrogen and oxygen atoms in total. The van der Waals surface area contributed by atoms with E-state index >= 15 is 0 Å². The number of aryl methyl sites for hydroxylation is 1. The maximum atomic E-state index is 5.59.